The molecule has 10 heteroatoms. The maximum absolute atomic E-state index is 12.6. The minimum Gasteiger partial charge on any atom is -0.481 e. The summed E-state index contributed by atoms with van der Waals surface area (Å²) in [6.45, 7) is 5.11. The molecule has 4 rings (SSSR count). The highest BCUT2D eigenvalue weighted by atomic mass is 35.5. The average molecular weight is 524 g/mol. The number of rotatable bonds is 5. The van der Waals surface area contributed by atoms with E-state index in [9.17, 15) is 4.79 Å². The van der Waals surface area contributed by atoms with Gasteiger partial charge in [0.05, 0.1) is 15.7 Å². The summed E-state index contributed by atoms with van der Waals surface area (Å²) in [5.74, 6) is -0.147. The first-order chi connectivity index (χ1) is 15.7. The summed E-state index contributed by atoms with van der Waals surface area (Å²) in [5.41, 5.74) is 4.80. The molecule has 0 aliphatic carbocycles. The van der Waals surface area contributed by atoms with E-state index in [-0.39, 0.29) is 28.3 Å². The van der Waals surface area contributed by atoms with E-state index >= 15 is 0 Å². The molecule has 0 unspecified atom stereocenters. The van der Waals surface area contributed by atoms with Crippen molar-refractivity contribution in [2.24, 2.45) is 0 Å². The molecule has 0 saturated heterocycles. The Bertz CT molecular complexity index is 1350. The van der Waals surface area contributed by atoms with Gasteiger partial charge in [-0.1, -0.05) is 46.4 Å². The number of hydrogen-bond acceptors (Lipinski definition) is 4. The topological polar surface area (TPSA) is 69.0 Å². The van der Waals surface area contributed by atoms with Crippen molar-refractivity contribution >= 4 is 69.0 Å². The maximum Gasteiger partial charge on any atom is 0.262 e. The molecule has 6 nitrogen and oxygen atoms in total. The number of ether oxygens (including phenoxy) is 1. The predicted molar refractivity (Wildman–Crippen MR) is 134 cm³/mol. The van der Waals surface area contributed by atoms with Gasteiger partial charge < -0.3 is 10.1 Å². The minimum absolute atomic E-state index is 0.228. The number of aromatic nitrogens is 3. The molecule has 0 bridgehead atoms. The largest absolute Gasteiger partial charge is 0.481 e. The highest BCUT2D eigenvalue weighted by Crippen LogP contribution is 2.42. The summed E-state index contributed by atoms with van der Waals surface area (Å²) in [6.07, 6.45) is 0. The zero-order valence-corrected chi connectivity index (χ0v) is 20.9. The number of amides is 1. The molecule has 0 aliphatic rings. The van der Waals surface area contributed by atoms with Gasteiger partial charge in [0.2, 0.25) is 0 Å². The number of fused-ring (bicyclic) bond motifs is 1. The second-order valence-electron chi connectivity index (χ2n) is 7.48. The third-order valence-electron chi connectivity index (χ3n) is 5.12. The molecule has 1 N–H and O–H groups in total. The molecule has 0 radical (unpaired) electrons. The van der Waals surface area contributed by atoms with Crippen LogP contribution >= 0.6 is 46.4 Å². The number of hydrogen-bond donors (Lipinski definition) is 1. The number of nitrogens with one attached hydrogen (secondary N) is 1. The lowest BCUT2D eigenvalue weighted by Gasteiger charge is -2.15. The zero-order chi connectivity index (χ0) is 23.9. The second-order valence-corrected chi connectivity index (χ2v) is 9.05. The van der Waals surface area contributed by atoms with E-state index in [0.717, 1.165) is 11.3 Å². The Morgan fingerprint density at radius 3 is 2.09 bits per heavy atom. The van der Waals surface area contributed by atoms with Crippen molar-refractivity contribution in [3.63, 3.8) is 0 Å². The first-order valence-corrected chi connectivity index (χ1v) is 11.4. The average Bonchev–Trinajstić information content (AvgIpc) is 3.19. The van der Waals surface area contributed by atoms with Gasteiger partial charge in [0.25, 0.3) is 5.91 Å². The molecule has 170 valence electrons. The van der Waals surface area contributed by atoms with Crippen LogP contribution < -0.4 is 10.1 Å². The summed E-state index contributed by atoms with van der Waals surface area (Å²) in [5, 5.41) is 13.5. The molecule has 33 heavy (non-hydrogen) atoms. The Morgan fingerprint density at radius 2 is 1.48 bits per heavy atom. The predicted octanol–water partition coefficient (Wildman–Crippen LogP) is 6.98. The van der Waals surface area contributed by atoms with Gasteiger partial charge in [0.15, 0.2) is 12.4 Å². The van der Waals surface area contributed by atoms with Crippen LogP contribution in [0.25, 0.3) is 16.7 Å². The second kappa shape index (κ2) is 9.39. The lowest BCUT2D eigenvalue weighted by Crippen LogP contribution is -2.21. The molecule has 4 aromatic rings. The van der Waals surface area contributed by atoms with Crippen molar-refractivity contribution in [2.75, 3.05) is 11.9 Å². The van der Waals surface area contributed by atoms with Crippen molar-refractivity contribution in [3.8, 4) is 11.4 Å². The standard InChI is InChI=1S/C23H18Cl4N4O2/c1-11-8-17-18(30-31(29-17)15-6-4-14(24)5-7-15)9-16(11)28-19(32)10-33-23-21(26)12(2)20(25)13(3)22(23)27/h4-9H,10H2,1-3H3,(H,28,32). The highest BCUT2D eigenvalue weighted by molar-refractivity contribution is 6.42. The molecule has 0 aliphatic heterocycles. The molecule has 0 fully saturated rings. The van der Waals surface area contributed by atoms with Crippen molar-refractivity contribution in [1.29, 1.82) is 0 Å². The monoisotopic (exact) mass is 522 g/mol. The van der Waals surface area contributed by atoms with Crippen molar-refractivity contribution in [1.82, 2.24) is 15.0 Å². The molecule has 0 atom stereocenters. The van der Waals surface area contributed by atoms with Crippen LogP contribution in [-0.2, 0) is 4.79 Å². The first kappa shape index (κ1) is 23.6. The highest BCUT2D eigenvalue weighted by Gasteiger charge is 2.19. The van der Waals surface area contributed by atoms with Crippen molar-refractivity contribution in [3.05, 3.63) is 73.2 Å². The fraction of sp³-hybridized carbons (Fsp3) is 0.174. The minimum atomic E-state index is -0.375. The molecular formula is C23H18Cl4N4O2. The lowest BCUT2D eigenvalue weighted by molar-refractivity contribution is -0.118. The molecule has 3 aromatic carbocycles. The number of aryl methyl sites for hydroxylation is 1. The number of benzene rings is 3. The van der Waals surface area contributed by atoms with Crippen LogP contribution in [-0.4, -0.2) is 27.5 Å². The molecule has 0 saturated carbocycles. The summed E-state index contributed by atoms with van der Waals surface area (Å²) < 4.78 is 5.64. The summed E-state index contributed by atoms with van der Waals surface area (Å²) in [4.78, 5) is 14.1. The number of carbonyl (C=O) groups is 1. The van der Waals surface area contributed by atoms with Crippen LogP contribution in [0.4, 0.5) is 5.69 Å². The van der Waals surface area contributed by atoms with E-state index < -0.39 is 0 Å². The summed E-state index contributed by atoms with van der Waals surface area (Å²) in [6, 6.07) is 10.8. The number of halogens is 4. The van der Waals surface area contributed by atoms with Crippen LogP contribution in [0.2, 0.25) is 20.1 Å². The molecule has 1 aromatic heterocycles. The van der Waals surface area contributed by atoms with Gasteiger partial charge in [-0.2, -0.15) is 4.80 Å². The SMILES string of the molecule is Cc1cc2nn(-c3ccc(Cl)cc3)nc2cc1NC(=O)COc1c(Cl)c(C)c(Cl)c(C)c1Cl. The van der Waals surface area contributed by atoms with Gasteiger partial charge in [-0.25, -0.2) is 0 Å². The lowest BCUT2D eigenvalue weighted by atomic mass is 10.1. The van der Waals surface area contributed by atoms with Crippen LogP contribution in [0, 0.1) is 20.8 Å². The third-order valence-corrected chi connectivity index (χ3v) is 6.85. The van der Waals surface area contributed by atoms with E-state index in [1.54, 1.807) is 32.0 Å². The van der Waals surface area contributed by atoms with Gasteiger partial charge in [0.1, 0.15) is 11.0 Å². The first-order valence-electron chi connectivity index (χ1n) is 9.85. The third kappa shape index (κ3) is 4.75. The Balaban J connectivity index is 1.52. The molecule has 1 amide bonds. The van der Waals surface area contributed by atoms with Crippen LogP contribution in [0.1, 0.15) is 16.7 Å². The van der Waals surface area contributed by atoms with Gasteiger partial charge >= 0.3 is 0 Å². The smallest absolute Gasteiger partial charge is 0.262 e. The Kier molecular flexibility index (Phi) is 6.73. The fourth-order valence-electron chi connectivity index (χ4n) is 3.25. The molecule has 0 spiro atoms. The number of anilines is 1. The van der Waals surface area contributed by atoms with Crippen molar-refractivity contribution in [2.45, 2.75) is 20.8 Å². The van der Waals surface area contributed by atoms with E-state index in [0.29, 0.717) is 37.9 Å². The number of nitrogens with zero attached hydrogens (tertiary/aromatic N) is 3. The van der Waals surface area contributed by atoms with Gasteiger partial charge in [0, 0.05) is 15.7 Å². The Hall–Kier alpha value is -2.51. The van der Waals surface area contributed by atoms with E-state index in [1.165, 1.54) is 4.80 Å². The van der Waals surface area contributed by atoms with E-state index in [2.05, 4.69) is 15.5 Å². The number of carbonyl (C=O) groups excluding carboxylic acids is 1. The quantitative estimate of drug-likeness (QED) is 0.306. The molecule has 1 heterocycles. The fourth-order valence-corrected chi connectivity index (χ4v) is 4.20. The summed E-state index contributed by atoms with van der Waals surface area (Å²) >= 11 is 24.8. The summed E-state index contributed by atoms with van der Waals surface area (Å²) in [7, 11) is 0. The van der Waals surface area contributed by atoms with Crippen molar-refractivity contribution < 1.29 is 9.53 Å². The van der Waals surface area contributed by atoms with Crippen LogP contribution in [0.5, 0.6) is 5.75 Å². The Labute approximate surface area is 210 Å². The van der Waals surface area contributed by atoms with Gasteiger partial charge in [-0.3, -0.25) is 4.79 Å². The van der Waals surface area contributed by atoms with E-state index in [4.69, 9.17) is 51.1 Å². The van der Waals surface area contributed by atoms with Crippen LogP contribution in [0.15, 0.2) is 36.4 Å². The van der Waals surface area contributed by atoms with Gasteiger partial charge in [-0.15, -0.1) is 10.2 Å². The molecular weight excluding hydrogens is 506 g/mol. The van der Waals surface area contributed by atoms with Crippen LogP contribution in [0.3, 0.4) is 0 Å². The zero-order valence-electron chi connectivity index (χ0n) is 17.8. The Morgan fingerprint density at radius 1 is 0.909 bits per heavy atom. The normalized spacial score (nSPS) is 11.1. The van der Waals surface area contributed by atoms with E-state index in [1.807, 2.05) is 25.1 Å². The van der Waals surface area contributed by atoms with Gasteiger partial charge in [-0.05, 0) is 73.9 Å². The maximum atomic E-state index is 12.6.